The van der Waals surface area contributed by atoms with E-state index in [-0.39, 0.29) is 17.9 Å². The van der Waals surface area contributed by atoms with Gasteiger partial charge in [0.2, 0.25) is 0 Å². The van der Waals surface area contributed by atoms with E-state index in [4.69, 9.17) is 10.3 Å². The largest absolute Gasteiger partial charge is 0.481 e. The van der Waals surface area contributed by atoms with Crippen molar-refractivity contribution < 1.29 is 24.7 Å². The van der Waals surface area contributed by atoms with Crippen LogP contribution in [0.25, 0.3) is 0 Å². The molecule has 0 spiro atoms. The van der Waals surface area contributed by atoms with E-state index in [0.29, 0.717) is 12.8 Å². The van der Waals surface area contributed by atoms with Crippen LogP contribution in [-0.2, 0) is 14.4 Å². The molecule has 1 fully saturated rings. The smallest absolute Gasteiger partial charge is 0.303 e. The third-order valence-corrected chi connectivity index (χ3v) is 2.16. The molecule has 78 valence electrons. The fraction of sp³-hybridized carbons (Fsp3) is 0.625. The first-order chi connectivity index (χ1) is 6.52. The first kappa shape index (κ1) is 10.6. The molecule has 0 aliphatic carbocycles. The molecule has 0 bridgehead atoms. The SMILES string of the molecule is O=C(O)CCCC1CC(=O)N(O)C1=O. The van der Waals surface area contributed by atoms with Crippen molar-refractivity contribution in [1.29, 1.82) is 0 Å². The fourth-order valence-electron chi connectivity index (χ4n) is 1.41. The van der Waals surface area contributed by atoms with Crippen molar-refractivity contribution >= 4 is 17.8 Å². The number of aliphatic carboxylic acids is 1. The van der Waals surface area contributed by atoms with E-state index in [9.17, 15) is 14.4 Å². The summed E-state index contributed by atoms with van der Waals surface area (Å²) in [5, 5.41) is 17.3. The van der Waals surface area contributed by atoms with E-state index in [1.807, 2.05) is 0 Å². The molecule has 14 heavy (non-hydrogen) atoms. The van der Waals surface area contributed by atoms with E-state index < -0.39 is 23.7 Å². The maximum absolute atomic E-state index is 11.1. The molecule has 1 atom stereocenters. The zero-order valence-electron chi connectivity index (χ0n) is 7.47. The minimum absolute atomic E-state index is 0.0189. The Labute approximate surface area is 80.1 Å². The highest BCUT2D eigenvalue weighted by Crippen LogP contribution is 2.22. The Balaban J connectivity index is 2.36. The van der Waals surface area contributed by atoms with Crippen molar-refractivity contribution in [3.05, 3.63) is 0 Å². The normalized spacial score (nSPS) is 21.8. The van der Waals surface area contributed by atoms with E-state index in [2.05, 4.69) is 0 Å². The van der Waals surface area contributed by atoms with Crippen LogP contribution < -0.4 is 0 Å². The summed E-state index contributed by atoms with van der Waals surface area (Å²) in [7, 11) is 0. The molecule has 0 radical (unpaired) electrons. The first-order valence-electron chi connectivity index (χ1n) is 4.30. The van der Waals surface area contributed by atoms with Crippen LogP contribution in [0.2, 0.25) is 0 Å². The summed E-state index contributed by atoms with van der Waals surface area (Å²) in [6.45, 7) is 0. The summed E-state index contributed by atoms with van der Waals surface area (Å²) in [6, 6.07) is 0. The van der Waals surface area contributed by atoms with Crippen molar-refractivity contribution in [2.24, 2.45) is 5.92 Å². The monoisotopic (exact) mass is 201 g/mol. The molecule has 0 aromatic rings. The zero-order chi connectivity index (χ0) is 10.7. The topological polar surface area (TPSA) is 94.9 Å². The number of carbonyl (C=O) groups is 3. The molecule has 0 aromatic carbocycles. The molecule has 1 aliphatic rings. The van der Waals surface area contributed by atoms with Crippen LogP contribution in [0.15, 0.2) is 0 Å². The van der Waals surface area contributed by atoms with Gasteiger partial charge in [-0.1, -0.05) is 0 Å². The molecule has 0 aromatic heterocycles. The lowest BCUT2D eigenvalue weighted by Crippen LogP contribution is -2.26. The quantitative estimate of drug-likeness (QED) is 0.493. The van der Waals surface area contributed by atoms with Gasteiger partial charge in [0, 0.05) is 18.8 Å². The van der Waals surface area contributed by atoms with Gasteiger partial charge in [0.25, 0.3) is 11.8 Å². The number of carboxylic acid groups (broad SMARTS) is 1. The van der Waals surface area contributed by atoms with Crippen LogP contribution in [0.5, 0.6) is 0 Å². The lowest BCUT2D eigenvalue weighted by atomic mass is 10.0. The van der Waals surface area contributed by atoms with Crippen molar-refractivity contribution in [2.45, 2.75) is 25.7 Å². The van der Waals surface area contributed by atoms with Gasteiger partial charge in [-0.3, -0.25) is 19.6 Å². The minimum atomic E-state index is -0.928. The van der Waals surface area contributed by atoms with Crippen LogP contribution in [0.3, 0.4) is 0 Å². The lowest BCUT2D eigenvalue weighted by molar-refractivity contribution is -0.172. The number of rotatable bonds is 4. The Bertz CT molecular complexity index is 275. The van der Waals surface area contributed by atoms with Gasteiger partial charge in [-0.05, 0) is 12.8 Å². The Kier molecular flexibility index (Phi) is 3.19. The molecule has 6 heteroatoms. The van der Waals surface area contributed by atoms with Crippen molar-refractivity contribution in [3.63, 3.8) is 0 Å². The third kappa shape index (κ3) is 2.29. The minimum Gasteiger partial charge on any atom is -0.481 e. The summed E-state index contributed by atoms with van der Waals surface area (Å²) in [4.78, 5) is 32.1. The highest BCUT2D eigenvalue weighted by atomic mass is 16.5. The van der Waals surface area contributed by atoms with Crippen molar-refractivity contribution in [3.8, 4) is 0 Å². The van der Waals surface area contributed by atoms with Gasteiger partial charge < -0.3 is 5.11 Å². The number of hydroxylamine groups is 2. The van der Waals surface area contributed by atoms with Crippen LogP contribution in [0.4, 0.5) is 0 Å². The van der Waals surface area contributed by atoms with Crippen LogP contribution in [0, 0.1) is 5.92 Å². The Morgan fingerprint density at radius 1 is 1.50 bits per heavy atom. The van der Waals surface area contributed by atoms with Gasteiger partial charge in [-0.15, -0.1) is 0 Å². The number of carbonyl (C=O) groups excluding carboxylic acids is 2. The molecule has 6 nitrogen and oxygen atoms in total. The molecule has 1 heterocycles. The fourth-order valence-corrected chi connectivity index (χ4v) is 1.41. The van der Waals surface area contributed by atoms with E-state index in [1.54, 1.807) is 0 Å². The maximum atomic E-state index is 11.1. The molecule has 2 amide bonds. The molecule has 1 aliphatic heterocycles. The van der Waals surface area contributed by atoms with Gasteiger partial charge in [0.05, 0.1) is 0 Å². The average Bonchev–Trinajstić information content (AvgIpc) is 2.33. The third-order valence-electron chi connectivity index (χ3n) is 2.16. The number of imide groups is 1. The van der Waals surface area contributed by atoms with Crippen LogP contribution in [-0.4, -0.2) is 33.2 Å². The van der Waals surface area contributed by atoms with E-state index in [1.165, 1.54) is 0 Å². The number of hydrogen-bond donors (Lipinski definition) is 2. The van der Waals surface area contributed by atoms with E-state index in [0.717, 1.165) is 0 Å². The zero-order valence-corrected chi connectivity index (χ0v) is 7.47. The van der Waals surface area contributed by atoms with Gasteiger partial charge in [0.1, 0.15) is 0 Å². The standard InChI is InChI=1S/C8H11NO5/c10-6-4-5(8(13)9(6)14)2-1-3-7(11)12/h5,14H,1-4H2,(H,11,12). The molecule has 2 N–H and O–H groups in total. The van der Waals surface area contributed by atoms with Gasteiger partial charge in [-0.2, -0.15) is 5.06 Å². The second-order valence-corrected chi connectivity index (χ2v) is 3.23. The van der Waals surface area contributed by atoms with Gasteiger partial charge in [-0.25, -0.2) is 0 Å². The molecule has 1 unspecified atom stereocenters. The number of carboxylic acids is 1. The van der Waals surface area contributed by atoms with Gasteiger partial charge in [0.15, 0.2) is 0 Å². The van der Waals surface area contributed by atoms with E-state index >= 15 is 0 Å². The second kappa shape index (κ2) is 4.19. The molecule has 1 saturated heterocycles. The number of hydrogen-bond acceptors (Lipinski definition) is 4. The summed E-state index contributed by atoms with van der Waals surface area (Å²) in [5.74, 6) is -2.72. The summed E-state index contributed by atoms with van der Waals surface area (Å²) in [6.07, 6.45) is 0.624. The van der Waals surface area contributed by atoms with Crippen molar-refractivity contribution in [2.75, 3.05) is 0 Å². The molecule has 1 rings (SSSR count). The summed E-state index contributed by atoms with van der Waals surface area (Å²) in [5.41, 5.74) is 0. The summed E-state index contributed by atoms with van der Waals surface area (Å²) >= 11 is 0. The highest BCUT2D eigenvalue weighted by Gasteiger charge is 2.37. The average molecular weight is 201 g/mol. The maximum Gasteiger partial charge on any atom is 0.303 e. The first-order valence-corrected chi connectivity index (χ1v) is 4.30. The second-order valence-electron chi connectivity index (χ2n) is 3.23. The highest BCUT2D eigenvalue weighted by molar-refractivity contribution is 6.02. The van der Waals surface area contributed by atoms with Gasteiger partial charge >= 0.3 is 5.97 Å². The Morgan fingerprint density at radius 3 is 2.57 bits per heavy atom. The van der Waals surface area contributed by atoms with Crippen LogP contribution >= 0.6 is 0 Å². The molecular weight excluding hydrogens is 190 g/mol. The number of amides is 2. The molecule has 0 saturated carbocycles. The Hall–Kier alpha value is -1.43. The van der Waals surface area contributed by atoms with Crippen molar-refractivity contribution in [1.82, 2.24) is 5.06 Å². The predicted molar refractivity (Wildman–Crippen MR) is 43.2 cm³/mol. The van der Waals surface area contributed by atoms with Crippen LogP contribution in [0.1, 0.15) is 25.7 Å². The predicted octanol–water partition coefficient (Wildman–Crippen LogP) is 0.00560. The lowest BCUT2D eigenvalue weighted by Gasteiger charge is -2.05. The number of nitrogens with zero attached hydrogens (tertiary/aromatic N) is 1. The Morgan fingerprint density at radius 2 is 2.14 bits per heavy atom. The molecular formula is C8H11NO5. The summed E-state index contributed by atoms with van der Waals surface area (Å²) < 4.78 is 0.